The first-order chi connectivity index (χ1) is 7.36. The summed E-state index contributed by atoms with van der Waals surface area (Å²) < 4.78 is 1.86. The number of aromatic nitrogens is 4. The molecular formula is C9H13N5S. The third-order valence-corrected chi connectivity index (χ3v) is 3.43. The molecule has 15 heavy (non-hydrogen) atoms. The Morgan fingerprint density at radius 1 is 1.47 bits per heavy atom. The van der Waals surface area contributed by atoms with Gasteiger partial charge < -0.3 is 5.32 Å². The average Bonchev–Trinajstić information content (AvgIpc) is 2.86. The minimum atomic E-state index is 0.727. The van der Waals surface area contributed by atoms with Gasteiger partial charge in [-0.1, -0.05) is 18.3 Å². The first-order valence-electron chi connectivity index (χ1n) is 5.30. The van der Waals surface area contributed by atoms with Crippen molar-refractivity contribution in [1.29, 1.82) is 0 Å². The van der Waals surface area contributed by atoms with E-state index in [1.165, 1.54) is 12.8 Å². The molecule has 1 saturated carbocycles. The van der Waals surface area contributed by atoms with Crippen molar-refractivity contribution in [2.45, 2.75) is 38.8 Å². The van der Waals surface area contributed by atoms with Crippen molar-refractivity contribution >= 4 is 16.3 Å². The molecule has 0 spiro atoms. The molecule has 1 aliphatic carbocycles. The first-order valence-corrected chi connectivity index (χ1v) is 6.12. The Hall–Kier alpha value is -1.01. The zero-order valence-corrected chi connectivity index (χ0v) is 9.42. The lowest BCUT2D eigenvalue weighted by Crippen LogP contribution is -2.15. The van der Waals surface area contributed by atoms with Gasteiger partial charge in [-0.25, -0.2) is 0 Å². The molecule has 1 fully saturated rings. The quantitative estimate of drug-likeness (QED) is 0.840. The number of nitrogens with zero attached hydrogens (tertiary/aromatic N) is 4. The highest BCUT2D eigenvalue weighted by Gasteiger charge is 2.21. The van der Waals surface area contributed by atoms with E-state index in [0.717, 1.165) is 34.8 Å². The van der Waals surface area contributed by atoms with Crippen LogP contribution in [0.1, 0.15) is 30.6 Å². The molecule has 1 aliphatic rings. The minimum Gasteiger partial charge on any atom is -0.308 e. The Morgan fingerprint density at radius 2 is 2.33 bits per heavy atom. The summed E-state index contributed by atoms with van der Waals surface area (Å²) >= 11 is 1.62. The van der Waals surface area contributed by atoms with Gasteiger partial charge in [-0.15, -0.1) is 10.2 Å². The van der Waals surface area contributed by atoms with Gasteiger partial charge in [-0.2, -0.15) is 9.61 Å². The predicted octanol–water partition coefficient (Wildman–Crippen LogP) is 1.00. The Bertz CT molecular complexity index is 470. The Labute approximate surface area is 91.5 Å². The molecule has 0 amide bonds. The first kappa shape index (κ1) is 9.23. The molecular weight excluding hydrogens is 210 g/mol. The largest absolute Gasteiger partial charge is 0.308 e. The van der Waals surface area contributed by atoms with Gasteiger partial charge in [0.15, 0.2) is 5.82 Å². The molecule has 2 heterocycles. The van der Waals surface area contributed by atoms with E-state index in [9.17, 15) is 0 Å². The van der Waals surface area contributed by atoms with Gasteiger partial charge in [0.25, 0.3) is 0 Å². The number of fused-ring (bicyclic) bond motifs is 1. The molecule has 1 N–H and O–H groups in total. The fraction of sp³-hybridized carbons (Fsp3) is 0.667. The normalized spacial score (nSPS) is 16.3. The van der Waals surface area contributed by atoms with Gasteiger partial charge in [-0.3, -0.25) is 0 Å². The van der Waals surface area contributed by atoms with Crippen LogP contribution in [0.2, 0.25) is 0 Å². The van der Waals surface area contributed by atoms with E-state index in [0.29, 0.717) is 0 Å². The highest BCUT2D eigenvalue weighted by atomic mass is 32.1. The van der Waals surface area contributed by atoms with E-state index in [2.05, 4.69) is 27.5 Å². The summed E-state index contributed by atoms with van der Waals surface area (Å²) in [5.41, 5.74) is 0. The molecule has 0 unspecified atom stereocenters. The lowest BCUT2D eigenvalue weighted by Gasteiger charge is -1.96. The van der Waals surface area contributed by atoms with Crippen LogP contribution in [0.3, 0.4) is 0 Å². The summed E-state index contributed by atoms with van der Waals surface area (Å²) in [7, 11) is 0. The van der Waals surface area contributed by atoms with Crippen LogP contribution >= 0.6 is 11.3 Å². The lowest BCUT2D eigenvalue weighted by molar-refractivity contribution is 0.670. The molecule has 2 aromatic rings. The maximum atomic E-state index is 4.49. The van der Waals surface area contributed by atoms with Crippen LogP contribution in [0.15, 0.2) is 0 Å². The topological polar surface area (TPSA) is 55.1 Å². The molecule has 0 aromatic carbocycles. The van der Waals surface area contributed by atoms with Gasteiger partial charge in [0.2, 0.25) is 4.96 Å². The zero-order chi connectivity index (χ0) is 10.3. The Morgan fingerprint density at radius 3 is 3.07 bits per heavy atom. The van der Waals surface area contributed by atoms with Gasteiger partial charge >= 0.3 is 0 Å². The van der Waals surface area contributed by atoms with Crippen molar-refractivity contribution in [3.63, 3.8) is 0 Å². The van der Waals surface area contributed by atoms with Crippen LogP contribution in [0.25, 0.3) is 4.96 Å². The highest BCUT2D eigenvalue weighted by molar-refractivity contribution is 7.16. The fourth-order valence-electron chi connectivity index (χ4n) is 1.51. The second-order valence-electron chi connectivity index (χ2n) is 3.82. The number of hydrogen-bond acceptors (Lipinski definition) is 5. The number of aryl methyl sites for hydroxylation is 1. The maximum Gasteiger partial charge on any atom is 0.234 e. The third-order valence-electron chi connectivity index (χ3n) is 2.53. The standard InChI is InChI=1S/C9H13N5S/c1-2-7-11-12-9-14(7)13-8(15-9)5-10-6-3-4-6/h6,10H,2-5H2,1H3. The molecule has 0 saturated heterocycles. The molecule has 0 atom stereocenters. The fourth-order valence-corrected chi connectivity index (χ4v) is 2.31. The van der Waals surface area contributed by atoms with E-state index < -0.39 is 0 Å². The van der Waals surface area contributed by atoms with Crippen LogP contribution in [0, 0.1) is 0 Å². The Balaban J connectivity index is 1.82. The highest BCUT2D eigenvalue weighted by Crippen LogP contribution is 2.20. The van der Waals surface area contributed by atoms with Crippen LogP contribution in [-0.2, 0) is 13.0 Å². The second kappa shape index (κ2) is 3.53. The van der Waals surface area contributed by atoms with E-state index >= 15 is 0 Å². The molecule has 80 valence electrons. The van der Waals surface area contributed by atoms with Crippen LogP contribution in [0.4, 0.5) is 0 Å². The van der Waals surface area contributed by atoms with E-state index in [-0.39, 0.29) is 0 Å². The van der Waals surface area contributed by atoms with Gasteiger partial charge in [0, 0.05) is 19.0 Å². The second-order valence-corrected chi connectivity index (χ2v) is 4.86. The summed E-state index contributed by atoms with van der Waals surface area (Å²) in [6.45, 7) is 2.93. The molecule has 3 rings (SSSR count). The van der Waals surface area contributed by atoms with Crippen molar-refractivity contribution < 1.29 is 0 Å². The number of rotatable bonds is 4. The lowest BCUT2D eigenvalue weighted by atomic mass is 10.5. The summed E-state index contributed by atoms with van der Waals surface area (Å²) in [6, 6.07) is 0.727. The summed E-state index contributed by atoms with van der Waals surface area (Å²) in [4.78, 5) is 0.902. The van der Waals surface area contributed by atoms with Crippen molar-refractivity contribution in [2.75, 3.05) is 0 Å². The summed E-state index contributed by atoms with van der Waals surface area (Å²) in [5.74, 6) is 0.943. The van der Waals surface area contributed by atoms with Crippen molar-refractivity contribution in [1.82, 2.24) is 25.1 Å². The molecule has 2 aromatic heterocycles. The SMILES string of the molecule is CCc1nnc2sc(CNC3CC3)nn12. The predicted molar refractivity (Wildman–Crippen MR) is 57.9 cm³/mol. The summed E-state index contributed by atoms with van der Waals surface area (Å²) in [5, 5.41) is 17.2. The van der Waals surface area contributed by atoms with Crippen molar-refractivity contribution in [3.05, 3.63) is 10.8 Å². The van der Waals surface area contributed by atoms with Crippen molar-refractivity contribution in [3.8, 4) is 0 Å². The summed E-state index contributed by atoms with van der Waals surface area (Å²) in [6.07, 6.45) is 3.49. The third kappa shape index (κ3) is 1.74. The molecule has 0 aliphatic heterocycles. The molecule has 5 nitrogen and oxygen atoms in total. The van der Waals surface area contributed by atoms with Crippen LogP contribution in [-0.4, -0.2) is 25.9 Å². The zero-order valence-electron chi connectivity index (χ0n) is 8.60. The van der Waals surface area contributed by atoms with Gasteiger partial charge in [0.05, 0.1) is 0 Å². The average molecular weight is 223 g/mol. The van der Waals surface area contributed by atoms with Crippen LogP contribution < -0.4 is 5.32 Å². The van der Waals surface area contributed by atoms with Crippen LogP contribution in [0.5, 0.6) is 0 Å². The molecule has 0 radical (unpaired) electrons. The number of nitrogens with one attached hydrogen (secondary N) is 1. The smallest absolute Gasteiger partial charge is 0.234 e. The van der Waals surface area contributed by atoms with E-state index in [4.69, 9.17) is 0 Å². The molecule has 6 heteroatoms. The van der Waals surface area contributed by atoms with E-state index in [1.54, 1.807) is 11.3 Å². The molecule has 0 bridgehead atoms. The Kier molecular flexibility index (Phi) is 2.17. The van der Waals surface area contributed by atoms with E-state index in [1.807, 2.05) is 4.52 Å². The van der Waals surface area contributed by atoms with Gasteiger partial charge in [0.1, 0.15) is 5.01 Å². The monoisotopic (exact) mass is 223 g/mol. The van der Waals surface area contributed by atoms with Crippen molar-refractivity contribution in [2.24, 2.45) is 0 Å². The minimum absolute atomic E-state index is 0.727. The maximum absolute atomic E-state index is 4.49. The number of hydrogen-bond donors (Lipinski definition) is 1. The van der Waals surface area contributed by atoms with Gasteiger partial charge in [-0.05, 0) is 12.8 Å².